The molecule has 0 spiro atoms. The summed E-state index contributed by atoms with van der Waals surface area (Å²) in [4.78, 5) is 10.2. The SMILES string of the molecule is COc1ccc(CNCc2ccc([N+](=O)[O-])cc2)cc1OC. The van der Waals surface area contributed by atoms with Gasteiger partial charge >= 0.3 is 0 Å². The van der Waals surface area contributed by atoms with Crippen LogP contribution in [-0.4, -0.2) is 19.1 Å². The molecule has 0 unspecified atom stereocenters. The molecule has 1 N–H and O–H groups in total. The first kappa shape index (κ1) is 15.8. The van der Waals surface area contributed by atoms with Gasteiger partial charge < -0.3 is 14.8 Å². The summed E-state index contributed by atoms with van der Waals surface area (Å²) >= 11 is 0. The third-order valence-electron chi connectivity index (χ3n) is 3.25. The molecule has 0 aliphatic rings. The summed E-state index contributed by atoms with van der Waals surface area (Å²) in [6.07, 6.45) is 0. The number of nitrogens with one attached hydrogen (secondary N) is 1. The number of nitro benzene ring substituents is 1. The molecule has 0 saturated carbocycles. The van der Waals surface area contributed by atoms with Crippen LogP contribution in [0.15, 0.2) is 42.5 Å². The molecule has 0 aliphatic carbocycles. The van der Waals surface area contributed by atoms with Crippen molar-refractivity contribution in [1.29, 1.82) is 0 Å². The number of ether oxygens (including phenoxy) is 2. The summed E-state index contributed by atoms with van der Waals surface area (Å²) in [7, 11) is 3.20. The molecule has 22 heavy (non-hydrogen) atoms. The Morgan fingerprint density at radius 2 is 1.55 bits per heavy atom. The molecule has 0 aromatic heterocycles. The molecule has 0 saturated heterocycles. The molecule has 0 radical (unpaired) electrons. The number of rotatable bonds is 7. The molecule has 0 fully saturated rings. The van der Waals surface area contributed by atoms with Crippen molar-refractivity contribution in [2.45, 2.75) is 13.1 Å². The number of benzene rings is 2. The van der Waals surface area contributed by atoms with Gasteiger partial charge in [-0.15, -0.1) is 0 Å². The van der Waals surface area contributed by atoms with Gasteiger partial charge in [0.25, 0.3) is 5.69 Å². The molecule has 2 aromatic carbocycles. The Labute approximate surface area is 128 Å². The summed E-state index contributed by atoms with van der Waals surface area (Å²) in [6, 6.07) is 12.3. The van der Waals surface area contributed by atoms with Crippen LogP contribution >= 0.6 is 0 Å². The average molecular weight is 302 g/mol. The molecular formula is C16H18N2O4. The van der Waals surface area contributed by atoms with Crippen molar-refractivity contribution < 1.29 is 14.4 Å². The molecule has 0 bridgehead atoms. The van der Waals surface area contributed by atoms with Crippen LogP contribution in [0.1, 0.15) is 11.1 Å². The lowest BCUT2D eigenvalue weighted by Crippen LogP contribution is -2.12. The van der Waals surface area contributed by atoms with Crippen LogP contribution in [0.2, 0.25) is 0 Å². The van der Waals surface area contributed by atoms with Crippen LogP contribution in [0.25, 0.3) is 0 Å². The van der Waals surface area contributed by atoms with Crippen molar-refractivity contribution in [3.8, 4) is 11.5 Å². The zero-order valence-corrected chi connectivity index (χ0v) is 12.5. The van der Waals surface area contributed by atoms with E-state index in [4.69, 9.17) is 9.47 Å². The minimum absolute atomic E-state index is 0.101. The molecule has 2 aromatic rings. The first-order valence-corrected chi connectivity index (χ1v) is 6.79. The normalized spacial score (nSPS) is 10.3. The molecule has 6 heteroatoms. The summed E-state index contributed by atoms with van der Waals surface area (Å²) in [5.41, 5.74) is 2.16. The van der Waals surface area contributed by atoms with E-state index in [-0.39, 0.29) is 5.69 Å². The van der Waals surface area contributed by atoms with Crippen LogP contribution in [0.5, 0.6) is 11.5 Å². The fourth-order valence-corrected chi connectivity index (χ4v) is 2.08. The van der Waals surface area contributed by atoms with Crippen molar-refractivity contribution >= 4 is 5.69 Å². The summed E-state index contributed by atoms with van der Waals surface area (Å²) in [5, 5.41) is 13.9. The lowest BCUT2D eigenvalue weighted by molar-refractivity contribution is -0.384. The van der Waals surface area contributed by atoms with E-state index >= 15 is 0 Å². The number of methoxy groups -OCH3 is 2. The molecule has 116 valence electrons. The molecule has 0 heterocycles. The van der Waals surface area contributed by atoms with Gasteiger partial charge in [-0.25, -0.2) is 0 Å². The van der Waals surface area contributed by atoms with Crippen molar-refractivity contribution in [1.82, 2.24) is 5.32 Å². The molecule has 2 rings (SSSR count). The van der Waals surface area contributed by atoms with Gasteiger partial charge in [0.2, 0.25) is 0 Å². The Kier molecular flexibility index (Phi) is 5.32. The van der Waals surface area contributed by atoms with E-state index in [1.165, 1.54) is 12.1 Å². The predicted molar refractivity (Wildman–Crippen MR) is 83.2 cm³/mol. The largest absolute Gasteiger partial charge is 0.493 e. The van der Waals surface area contributed by atoms with Crippen LogP contribution in [0, 0.1) is 10.1 Å². The zero-order valence-electron chi connectivity index (χ0n) is 12.5. The van der Waals surface area contributed by atoms with Gasteiger partial charge in [0.1, 0.15) is 0 Å². The van der Waals surface area contributed by atoms with Crippen molar-refractivity contribution in [2.24, 2.45) is 0 Å². The van der Waals surface area contributed by atoms with Crippen molar-refractivity contribution in [3.63, 3.8) is 0 Å². The molecule has 0 atom stereocenters. The minimum atomic E-state index is -0.402. The van der Waals surface area contributed by atoms with E-state index in [9.17, 15) is 10.1 Å². The van der Waals surface area contributed by atoms with Gasteiger partial charge in [-0.3, -0.25) is 10.1 Å². The number of hydrogen-bond donors (Lipinski definition) is 1. The fraction of sp³-hybridized carbons (Fsp3) is 0.250. The molecule has 0 amide bonds. The zero-order chi connectivity index (χ0) is 15.9. The van der Waals surface area contributed by atoms with E-state index in [1.54, 1.807) is 26.4 Å². The Bertz CT molecular complexity index is 641. The first-order valence-electron chi connectivity index (χ1n) is 6.79. The fourth-order valence-electron chi connectivity index (χ4n) is 2.08. The van der Waals surface area contributed by atoms with Gasteiger partial charge in [-0.2, -0.15) is 0 Å². The third kappa shape index (κ3) is 3.95. The lowest BCUT2D eigenvalue weighted by atomic mass is 10.1. The van der Waals surface area contributed by atoms with Gasteiger partial charge in [0.05, 0.1) is 19.1 Å². The highest BCUT2D eigenvalue weighted by atomic mass is 16.6. The number of hydrogen-bond acceptors (Lipinski definition) is 5. The number of nitro groups is 1. The Hall–Kier alpha value is -2.60. The topological polar surface area (TPSA) is 73.6 Å². The second-order valence-electron chi connectivity index (χ2n) is 4.72. The van der Waals surface area contributed by atoms with Gasteiger partial charge in [0, 0.05) is 25.2 Å². The van der Waals surface area contributed by atoms with Crippen molar-refractivity contribution in [2.75, 3.05) is 14.2 Å². The Morgan fingerprint density at radius 1 is 0.955 bits per heavy atom. The van der Waals surface area contributed by atoms with Gasteiger partial charge in [-0.1, -0.05) is 18.2 Å². The summed E-state index contributed by atoms with van der Waals surface area (Å²) in [6.45, 7) is 1.30. The van der Waals surface area contributed by atoms with E-state index in [0.29, 0.717) is 24.6 Å². The standard InChI is InChI=1S/C16H18N2O4/c1-21-15-8-5-13(9-16(15)22-2)11-17-10-12-3-6-14(7-4-12)18(19)20/h3-9,17H,10-11H2,1-2H3. The third-order valence-corrected chi connectivity index (χ3v) is 3.25. The summed E-state index contributed by atoms with van der Waals surface area (Å²) in [5.74, 6) is 1.39. The molecule has 6 nitrogen and oxygen atoms in total. The number of nitrogens with zero attached hydrogens (tertiary/aromatic N) is 1. The second kappa shape index (κ2) is 7.42. The Morgan fingerprint density at radius 3 is 2.14 bits per heavy atom. The van der Waals surface area contributed by atoms with Crippen LogP contribution in [0.4, 0.5) is 5.69 Å². The number of non-ortho nitro benzene ring substituents is 1. The summed E-state index contributed by atoms with van der Waals surface area (Å²) < 4.78 is 10.5. The highest BCUT2D eigenvalue weighted by Gasteiger charge is 2.05. The first-order chi connectivity index (χ1) is 10.6. The lowest BCUT2D eigenvalue weighted by Gasteiger charge is -2.10. The maximum Gasteiger partial charge on any atom is 0.269 e. The maximum absolute atomic E-state index is 10.6. The van der Waals surface area contributed by atoms with Crippen LogP contribution in [0.3, 0.4) is 0 Å². The maximum atomic E-state index is 10.6. The van der Waals surface area contributed by atoms with E-state index < -0.39 is 4.92 Å². The van der Waals surface area contributed by atoms with E-state index in [0.717, 1.165) is 11.1 Å². The molecular weight excluding hydrogens is 284 g/mol. The smallest absolute Gasteiger partial charge is 0.269 e. The van der Waals surface area contributed by atoms with Gasteiger partial charge in [-0.05, 0) is 23.3 Å². The minimum Gasteiger partial charge on any atom is -0.493 e. The van der Waals surface area contributed by atoms with Crippen LogP contribution in [-0.2, 0) is 13.1 Å². The van der Waals surface area contributed by atoms with Crippen molar-refractivity contribution in [3.05, 3.63) is 63.7 Å². The highest BCUT2D eigenvalue weighted by molar-refractivity contribution is 5.42. The van der Waals surface area contributed by atoms with Crippen LogP contribution < -0.4 is 14.8 Å². The van der Waals surface area contributed by atoms with E-state index in [2.05, 4.69) is 5.32 Å². The monoisotopic (exact) mass is 302 g/mol. The quantitative estimate of drug-likeness (QED) is 0.629. The van der Waals surface area contributed by atoms with E-state index in [1.807, 2.05) is 18.2 Å². The Balaban J connectivity index is 1.92. The van der Waals surface area contributed by atoms with Gasteiger partial charge in [0.15, 0.2) is 11.5 Å². The second-order valence-corrected chi connectivity index (χ2v) is 4.72. The molecule has 0 aliphatic heterocycles. The highest BCUT2D eigenvalue weighted by Crippen LogP contribution is 2.27. The average Bonchev–Trinajstić information content (AvgIpc) is 2.55. The predicted octanol–water partition coefficient (Wildman–Crippen LogP) is 2.90.